The molecular formula is C12H13ClF3NO3. The monoisotopic (exact) mass is 311 g/mol. The van der Waals surface area contributed by atoms with Crippen LogP contribution >= 0.6 is 11.6 Å². The van der Waals surface area contributed by atoms with Gasteiger partial charge in [-0.15, -0.1) is 0 Å². The number of hydrogen-bond acceptors (Lipinski definition) is 4. The molecule has 0 aliphatic carbocycles. The van der Waals surface area contributed by atoms with E-state index in [0.717, 1.165) is 0 Å². The number of ether oxygens (including phenoxy) is 2. The van der Waals surface area contributed by atoms with Crippen LogP contribution in [0.3, 0.4) is 0 Å². The van der Waals surface area contributed by atoms with Gasteiger partial charge < -0.3 is 14.6 Å². The molecule has 0 aromatic heterocycles. The van der Waals surface area contributed by atoms with Gasteiger partial charge >= 0.3 is 6.18 Å². The van der Waals surface area contributed by atoms with Crippen LogP contribution in [0.1, 0.15) is 11.6 Å². The Morgan fingerprint density at radius 2 is 2.00 bits per heavy atom. The van der Waals surface area contributed by atoms with Gasteiger partial charge in [0.05, 0.1) is 24.2 Å². The summed E-state index contributed by atoms with van der Waals surface area (Å²) in [5.41, 5.74) is 0.408. The second kappa shape index (κ2) is 6.07. The summed E-state index contributed by atoms with van der Waals surface area (Å²) >= 11 is 6.00. The minimum absolute atomic E-state index is 0.240. The number of rotatable bonds is 4. The number of fused-ring (bicyclic) bond motifs is 1. The van der Waals surface area contributed by atoms with Crippen molar-refractivity contribution in [1.29, 1.82) is 0 Å². The Balaban J connectivity index is 2.19. The van der Waals surface area contributed by atoms with Crippen molar-refractivity contribution in [2.24, 2.45) is 0 Å². The highest BCUT2D eigenvalue weighted by Crippen LogP contribution is 2.39. The fraction of sp³-hybridized carbons (Fsp3) is 0.500. The minimum Gasteiger partial charge on any atom is -0.486 e. The molecule has 1 unspecified atom stereocenters. The molecule has 0 amide bonds. The molecule has 1 aromatic rings. The van der Waals surface area contributed by atoms with E-state index in [1.165, 1.54) is 12.1 Å². The number of nitrogens with one attached hydrogen (secondary N) is 1. The smallest absolute Gasteiger partial charge is 0.401 e. The van der Waals surface area contributed by atoms with Crippen LogP contribution in [0.4, 0.5) is 13.2 Å². The van der Waals surface area contributed by atoms with E-state index in [1.807, 2.05) is 0 Å². The molecule has 0 saturated heterocycles. The van der Waals surface area contributed by atoms with Crippen LogP contribution in [0.2, 0.25) is 5.02 Å². The zero-order valence-corrected chi connectivity index (χ0v) is 11.1. The molecule has 1 aliphatic heterocycles. The number of alkyl halides is 3. The van der Waals surface area contributed by atoms with E-state index in [0.29, 0.717) is 30.3 Å². The minimum atomic E-state index is -4.36. The Morgan fingerprint density at radius 1 is 1.30 bits per heavy atom. The van der Waals surface area contributed by atoms with Gasteiger partial charge in [-0.3, -0.25) is 5.32 Å². The summed E-state index contributed by atoms with van der Waals surface area (Å²) in [5, 5.41) is 11.7. The fourth-order valence-electron chi connectivity index (χ4n) is 1.86. The molecule has 1 atom stereocenters. The number of benzene rings is 1. The third kappa shape index (κ3) is 3.68. The summed E-state index contributed by atoms with van der Waals surface area (Å²) in [6.45, 7) is -0.995. The fourth-order valence-corrected chi connectivity index (χ4v) is 2.13. The van der Waals surface area contributed by atoms with E-state index < -0.39 is 25.4 Å². The van der Waals surface area contributed by atoms with Gasteiger partial charge in [0.2, 0.25) is 0 Å². The zero-order chi connectivity index (χ0) is 14.8. The third-order valence-corrected chi connectivity index (χ3v) is 3.03. The summed E-state index contributed by atoms with van der Waals surface area (Å²) in [4.78, 5) is 0. The Kier molecular flexibility index (Phi) is 4.62. The molecule has 0 saturated carbocycles. The van der Waals surface area contributed by atoms with Crippen LogP contribution < -0.4 is 14.8 Å². The van der Waals surface area contributed by atoms with Crippen molar-refractivity contribution in [2.75, 3.05) is 26.4 Å². The van der Waals surface area contributed by atoms with Crippen molar-refractivity contribution in [2.45, 2.75) is 12.2 Å². The van der Waals surface area contributed by atoms with Crippen LogP contribution in [-0.4, -0.2) is 37.6 Å². The molecule has 112 valence electrons. The van der Waals surface area contributed by atoms with Gasteiger partial charge in [0, 0.05) is 0 Å². The van der Waals surface area contributed by atoms with Crippen molar-refractivity contribution < 1.29 is 27.8 Å². The molecule has 1 heterocycles. The lowest BCUT2D eigenvalue weighted by Gasteiger charge is -2.23. The molecule has 0 spiro atoms. The van der Waals surface area contributed by atoms with Crippen molar-refractivity contribution in [3.63, 3.8) is 0 Å². The second-order valence-corrected chi connectivity index (χ2v) is 4.67. The van der Waals surface area contributed by atoms with E-state index >= 15 is 0 Å². The molecule has 0 fully saturated rings. The summed E-state index contributed by atoms with van der Waals surface area (Å²) in [5.74, 6) is 0.736. The van der Waals surface area contributed by atoms with Crippen LogP contribution in [0.15, 0.2) is 12.1 Å². The first-order valence-corrected chi connectivity index (χ1v) is 6.28. The number of aliphatic hydroxyl groups excluding tert-OH is 1. The van der Waals surface area contributed by atoms with Gasteiger partial charge in [-0.25, -0.2) is 0 Å². The summed E-state index contributed by atoms with van der Waals surface area (Å²) in [6.07, 6.45) is -4.36. The first kappa shape index (κ1) is 15.2. The molecule has 0 bridgehead atoms. The van der Waals surface area contributed by atoms with E-state index in [9.17, 15) is 18.3 Å². The van der Waals surface area contributed by atoms with Gasteiger partial charge in [0.15, 0.2) is 11.5 Å². The quantitative estimate of drug-likeness (QED) is 0.896. The van der Waals surface area contributed by atoms with Crippen molar-refractivity contribution in [1.82, 2.24) is 5.32 Å². The lowest BCUT2D eigenvalue weighted by atomic mass is 10.1. The molecule has 1 aliphatic rings. The Hall–Kier alpha value is -1.18. The Labute approximate surface area is 118 Å². The normalized spacial score (nSPS) is 16.1. The highest BCUT2D eigenvalue weighted by molar-refractivity contribution is 6.32. The maximum atomic E-state index is 12.2. The van der Waals surface area contributed by atoms with Crippen LogP contribution in [0.25, 0.3) is 0 Å². The summed E-state index contributed by atoms with van der Waals surface area (Å²) in [6, 6.07) is 2.09. The molecule has 0 radical (unpaired) electrons. The molecule has 4 nitrogen and oxygen atoms in total. The topological polar surface area (TPSA) is 50.7 Å². The van der Waals surface area contributed by atoms with E-state index in [2.05, 4.69) is 5.32 Å². The van der Waals surface area contributed by atoms with Crippen molar-refractivity contribution in [3.8, 4) is 11.5 Å². The predicted octanol–water partition coefficient (Wildman–Crippen LogP) is 2.30. The number of hydrogen-bond donors (Lipinski definition) is 2. The number of halogens is 4. The Bertz CT molecular complexity index is 482. The molecule has 1 aromatic carbocycles. The predicted molar refractivity (Wildman–Crippen MR) is 66.3 cm³/mol. The molecular weight excluding hydrogens is 299 g/mol. The van der Waals surface area contributed by atoms with E-state index in [4.69, 9.17) is 21.1 Å². The van der Waals surface area contributed by atoms with Crippen LogP contribution in [0.5, 0.6) is 11.5 Å². The van der Waals surface area contributed by atoms with Gasteiger partial charge in [-0.1, -0.05) is 11.6 Å². The lowest BCUT2D eigenvalue weighted by Crippen LogP contribution is -2.33. The Morgan fingerprint density at radius 3 is 2.65 bits per heavy atom. The highest BCUT2D eigenvalue weighted by Gasteiger charge is 2.29. The lowest BCUT2D eigenvalue weighted by molar-refractivity contribution is -0.126. The van der Waals surface area contributed by atoms with Crippen LogP contribution in [-0.2, 0) is 0 Å². The van der Waals surface area contributed by atoms with Crippen LogP contribution in [0, 0.1) is 0 Å². The molecule has 2 rings (SSSR count). The van der Waals surface area contributed by atoms with E-state index in [1.54, 1.807) is 0 Å². The third-order valence-electron chi connectivity index (χ3n) is 2.75. The number of aliphatic hydroxyl groups is 1. The first-order chi connectivity index (χ1) is 9.40. The molecule has 20 heavy (non-hydrogen) atoms. The average Bonchev–Trinajstić information content (AvgIpc) is 2.38. The molecule has 8 heteroatoms. The maximum Gasteiger partial charge on any atom is 0.401 e. The second-order valence-electron chi connectivity index (χ2n) is 4.26. The zero-order valence-electron chi connectivity index (χ0n) is 10.3. The summed E-state index contributed by atoms with van der Waals surface area (Å²) < 4.78 is 47.3. The largest absolute Gasteiger partial charge is 0.486 e. The SMILES string of the molecule is OCC(NCC(F)(F)F)c1cc(Cl)c2c(c1)OCCO2. The van der Waals surface area contributed by atoms with Crippen molar-refractivity contribution in [3.05, 3.63) is 22.7 Å². The molecule has 2 N–H and O–H groups in total. The van der Waals surface area contributed by atoms with Gasteiger partial charge in [-0.05, 0) is 17.7 Å². The van der Waals surface area contributed by atoms with Gasteiger partial charge in [0.1, 0.15) is 13.2 Å². The van der Waals surface area contributed by atoms with Crippen molar-refractivity contribution >= 4 is 11.6 Å². The average molecular weight is 312 g/mol. The first-order valence-electron chi connectivity index (χ1n) is 5.91. The standard InChI is InChI=1S/C12H13ClF3NO3/c13-8-3-7(4-10-11(8)20-2-1-19-10)9(5-18)17-6-12(14,15)16/h3-4,9,17-18H,1-2,5-6H2. The van der Waals surface area contributed by atoms with Gasteiger partial charge in [0.25, 0.3) is 0 Å². The summed E-state index contributed by atoms with van der Waals surface area (Å²) in [7, 11) is 0. The van der Waals surface area contributed by atoms with E-state index in [-0.39, 0.29) is 5.02 Å². The maximum absolute atomic E-state index is 12.2. The van der Waals surface area contributed by atoms with Gasteiger partial charge in [-0.2, -0.15) is 13.2 Å². The highest BCUT2D eigenvalue weighted by atomic mass is 35.5.